The van der Waals surface area contributed by atoms with Gasteiger partial charge in [0.05, 0.1) is 6.61 Å². The second kappa shape index (κ2) is 3.84. The molecule has 1 aliphatic rings. The molecule has 0 bridgehead atoms. The van der Waals surface area contributed by atoms with Crippen molar-refractivity contribution in [3.8, 4) is 5.88 Å². The normalized spacial score (nSPS) is 15.7. The van der Waals surface area contributed by atoms with Crippen LogP contribution in [0.4, 0.5) is 0 Å². The van der Waals surface area contributed by atoms with Gasteiger partial charge in [0.15, 0.2) is 0 Å². The van der Waals surface area contributed by atoms with Crippen LogP contribution in [0.25, 0.3) is 0 Å². The smallest absolute Gasteiger partial charge is 0.216 e. The highest BCUT2D eigenvalue weighted by Crippen LogP contribution is 2.26. The molecule has 0 aromatic carbocycles. The van der Waals surface area contributed by atoms with Gasteiger partial charge in [-0.15, -0.1) is 0 Å². The molecule has 1 aliphatic heterocycles. The fourth-order valence-electron chi connectivity index (χ4n) is 2.00. The molecular formula is C13H19NO. The van der Waals surface area contributed by atoms with Crippen LogP contribution >= 0.6 is 0 Å². The Morgan fingerprint density at radius 1 is 1.40 bits per heavy atom. The number of ether oxygens (including phenoxy) is 1. The minimum atomic E-state index is 0.325. The zero-order valence-electron chi connectivity index (χ0n) is 9.84. The molecule has 0 aliphatic carbocycles. The molecule has 2 rings (SSSR count). The Morgan fingerprint density at radius 2 is 2.20 bits per heavy atom. The molecule has 0 N–H and O–H groups in total. The largest absolute Gasteiger partial charge is 0.477 e. The molecular weight excluding hydrogens is 186 g/mol. The standard InChI is InChI=1S/C13H19NO/c1-13(2,3)8-10-7-11-5-4-6-15-12(11)14-9-10/h7,9H,4-6,8H2,1-3H3. The monoisotopic (exact) mass is 205 g/mol. The number of hydrogen-bond donors (Lipinski definition) is 0. The van der Waals surface area contributed by atoms with Gasteiger partial charge in [-0.3, -0.25) is 0 Å². The molecule has 0 atom stereocenters. The van der Waals surface area contributed by atoms with Crippen LogP contribution in [0.5, 0.6) is 5.88 Å². The Bertz CT molecular complexity index is 352. The lowest BCUT2D eigenvalue weighted by atomic mass is 9.88. The van der Waals surface area contributed by atoms with Crippen LogP contribution in [0.1, 0.15) is 38.3 Å². The van der Waals surface area contributed by atoms with Gasteiger partial charge in [0.2, 0.25) is 5.88 Å². The molecule has 0 amide bonds. The van der Waals surface area contributed by atoms with Gasteiger partial charge < -0.3 is 4.74 Å². The first kappa shape index (κ1) is 10.5. The average Bonchev–Trinajstić information content (AvgIpc) is 2.15. The number of pyridine rings is 1. The second-order valence-corrected chi connectivity index (χ2v) is 5.50. The summed E-state index contributed by atoms with van der Waals surface area (Å²) in [5.74, 6) is 0.846. The Hall–Kier alpha value is -1.05. The summed E-state index contributed by atoms with van der Waals surface area (Å²) in [6.45, 7) is 7.58. The maximum absolute atomic E-state index is 5.50. The molecule has 2 heterocycles. The number of aromatic nitrogens is 1. The third-order valence-electron chi connectivity index (χ3n) is 2.55. The summed E-state index contributed by atoms with van der Waals surface area (Å²) in [5.41, 5.74) is 2.93. The number of rotatable bonds is 1. The van der Waals surface area contributed by atoms with Crippen molar-refractivity contribution in [1.82, 2.24) is 4.98 Å². The van der Waals surface area contributed by atoms with Gasteiger partial charge in [0.1, 0.15) is 0 Å². The van der Waals surface area contributed by atoms with Gasteiger partial charge in [-0.1, -0.05) is 20.8 Å². The lowest BCUT2D eigenvalue weighted by molar-refractivity contribution is 0.275. The summed E-state index contributed by atoms with van der Waals surface area (Å²) in [6, 6.07) is 2.26. The third-order valence-corrected chi connectivity index (χ3v) is 2.55. The fourth-order valence-corrected chi connectivity index (χ4v) is 2.00. The Kier molecular flexibility index (Phi) is 2.68. The van der Waals surface area contributed by atoms with Gasteiger partial charge in [0, 0.05) is 11.8 Å². The van der Waals surface area contributed by atoms with Gasteiger partial charge in [-0.25, -0.2) is 4.98 Å². The number of fused-ring (bicyclic) bond motifs is 1. The molecule has 1 aromatic heterocycles. The minimum Gasteiger partial charge on any atom is -0.477 e. The predicted octanol–water partition coefficient (Wildman–Crippen LogP) is 3.00. The van der Waals surface area contributed by atoms with Crippen molar-refractivity contribution in [3.05, 3.63) is 23.4 Å². The molecule has 0 spiro atoms. The van der Waals surface area contributed by atoms with Crippen molar-refractivity contribution in [3.63, 3.8) is 0 Å². The Labute approximate surface area is 91.7 Å². The summed E-state index contributed by atoms with van der Waals surface area (Å²) in [7, 11) is 0. The van der Waals surface area contributed by atoms with E-state index >= 15 is 0 Å². The molecule has 0 radical (unpaired) electrons. The van der Waals surface area contributed by atoms with E-state index in [-0.39, 0.29) is 0 Å². The maximum atomic E-state index is 5.50. The topological polar surface area (TPSA) is 22.1 Å². The van der Waals surface area contributed by atoms with Gasteiger partial charge in [-0.05, 0) is 36.3 Å². The van der Waals surface area contributed by atoms with E-state index in [0.29, 0.717) is 5.41 Å². The third kappa shape index (κ3) is 2.71. The quantitative estimate of drug-likeness (QED) is 0.703. The highest BCUT2D eigenvalue weighted by atomic mass is 16.5. The van der Waals surface area contributed by atoms with Crippen molar-refractivity contribution in [2.75, 3.05) is 6.61 Å². The summed E-state index contributed by atoms with van der Waals surface area (Å²) in [6.07, 6.45) is 5.26. The zero-order valence-corrected chi connectivity index (χ0v) is 9.84. The van der Waals surface area contributed by atoms with E-state index in [0.717, 1.165) is 31.7 Å². The fraction of sp³-hybridized carbons (Fsp3) is 0.615. The molecule has 2 nitrogen and oxygen atoms in total. The molecule has 82 valence electrons. The molecule has 0 saturated heterocycles. The minimum absolute atomic E-state index is 0.325. The number of nitrogens with zero attached hydrogens (tertiary/aromatic N) is 1. The summed E-state index contributed by atoms with van der Waals surface area (Å²) in [4.78, 5) is 4.38. The van der Waals surface area contributed by atoms with Crippen molar-refractivity contribution in [2.45, 2.75) is 40.0 Å². The highest BCUT2D eigenvalue weighted by Gasteiger charge is 2.15. The number of aryl methyl sites for hydroxylation is 1. The van der Waals surface area contributed by atoms with Crippen LogP contribution in [0.3, 0.4) is 0 Å². The first-order chi connectivity index (χ1) is 7.04. The summed E-state index contributed by atoms with van der Waals surface area (Å²) < 4.78 is 5.50. The van der Waals surface area contributed by atoms with Gasteiger partial charge in [0.25, 0.3) is 0 Å². The molecule has 0 saturated carbocycles. The maximum Gasteiger partial charge on any atom is 0.216 e. The zero-order chi connectivity index (χ0) is 10.9. The summed E-state index contributed by atoms with van der Waals surface area (Å²) in [5, 5.41) is 0. The van der Waals surface area contributed by atoms with Crippen molar-refractivity contribution in [1.29, 1.82) is 0 Å². The van der Waals surface area contributed by atoms with Crippen LogP contribution in [-0.2, 0) is 12.8 Å². The highest BCUT2D eigenvalue weighted by molar-refractivity contribution is 5.31. The van der Waals surface area contributed by atoms with Crippen LogP contribution in [0.15, 0.2) is 12.3 Å². The van der Waals surface area contributed by atoms with Crippen LogP contribution in [-0.4, -0.2) is 11.6 Å². The summed E-state index contributed by atoms with van der Waals surface area (Å²) >= 11 is 0. The lowest BCUT2D eigenvalue weighted by Crippen LogP contribution is -2.13. The molecule has 0 unspecified atom stereocenters. The Morgan fingerprint density at radius 3 is 2.93 bits per heavy atom. The molecule has 15 heavy (non-hydrogen) atoms. The first-order valence-electron chi connectivity index (χ1n) is 5.65. The van der Waals surface area contributed by atoms with Crippen LogP contribution in [0.2, 0.25) is 0 Å². The lowest BCUT2D eigenvalue weighted by Gasteiger charge is -2.20. The van der Waals surface area contributed by atoms with Gasteiger partial charge >= 0.3 is 0 Å². The van der Waals surface area contributed by atoms with E-state index in [1.807, 2.05) is 6.20 Å². The Balaban J connectivity index is 2.21. The van der Waals surface area contributed by atoms with Crippen molar-refractivity contribution < 1.29 is 4.74 Å². The first-order valence-corrected chi connectivity index (χ1v) is 5.65. The SMILES string of the molecule is CC(C)(C)Cc1cnc2c(c1)CCCO2. The molecule has 0 fully saturated rings. The van der Waals surface area contributed by atoms with E-state index < -0.39 is 0 Å². The average molecular weight is 205 g/mol. The van der Waals surface area contributed by atoms with Crippen LogP contribution < -0.4 is 4.74 Å². The second-order valence-electron chi connectivity index (χ2n) is 5.50. The molecule has 2 heteroatoms. The van der Waals surface area contributed by atoms with E-state index in [2.05, 4.69) is 31.8 Å². The van der Waals surface area contributed by atoms with Gasteiger partial charge in [-0.2, -0.15) is 0 Å². The van der Waals surface area contributed by atoms with E-state index in [4.69, 9.17) is 4.74 Å². The van der Waals surface area contributed by atoms with E-state index in [1.54, 1.807) is 0 Å². The predicted molar refractivity (Wildman–Crippen MR) is 61.2 cm³/mol. The van der Waals surface area contributed by atoms with Crippen LogP contribution in [0, 0.1) is 5.41 Å². The van der Waals surface area contributed by atoms with E-state index in [9.17, 15) is 0 Å². The molecule has 1 aromatic rings. The van der Waals surface area contributed by atoms with Crippen molar-refractivity contribution in [2.24, 2.45) is 5.41 Å². The number of hydrogen-bond acceptors (Lipinski definition) is 2. The van der Waals surface area contributed by atoms with E-state index in [1.165, 1.54) is 11.1 Å². The van der Waals surface area contributed by atoms with Crippen molar-refractivity contribution >= 4 is 0 Å².